The molecule has 1 N–H and O–H groups in total. The Labute approximate surface area is 124 Å². The molecule has 1 aliphatic heterocycles. The molecule has 1 saturated heterocycles. The molecule has 0 spiro atoms. The summed E-state index contributed by atoms with van der Waals surface area (Å²) in [7, 11) is 2.08. The maximum atomic E-state index is 3.47. The number of benzene rings is 1. The number of nitrogens with one attached hydrogen (secondary N) is 1. The Bertz CT molecular complexity index is 363. The van der Waals surface area contributed by atoms with Crippen LogP contribution in [0.5, 0.6) is 0 Å². The summed E-state index contributed by atoms with van der Waals surface area (Å²) in [6.07, 6.45) is 6.77. The summed E-state index contributed by atoms with van der Waals surface area (Å²) in [5, 5.41) is 3.47. The number of rotatable bonds is 6. The third kappa shape index (κ3) is 4.60. The van der Waals surface area contributed by atoms with Gasteiger partial charge in [-0.1, -0.05) is 43.7 Å². The molecule has 2 atom stereocenters. The lowest BCUT2D eigenvalue weighted by atomic mass is 9.98. The fourth-order valence-corrected chi connectivity index (χ4v) is 3.33. The van der Waals surface area contributed by atoms with E-state index in [9.17, 15) is 0 Å². The van der Waals surface area contributed by atoms with Crippen LogP contribution in [0.3, 0.4) is 0 Å². The molecule has 0 radical (unpaired) electrons. The zero-order valence-electron chi connectivity index (χ0n) is 13.1. The molecular weight excluding hydrogens is 244 g/mol. The SMILES string of the molecule is CCC1CCCN(CCC(NC)c2ccccc2)CC1. The molecule has 2 unspecified atom stereocenters. The Hall–Kier alpha value is -0.860. The van der Waals surface area contributed by atoms with Crippen LogP contribution in [0.1, 0.15) is 50.6 Å². The van der Waals surface area contributed by atoms with Crippen LogP contribution >= 0.6 is 0 Å². The van der Waals surface area contributed by atoms with Gasteiger partial charge in [0.25, 0.3) is 0 Å². The van der Waals surface area contributed by atoms with Crippen LogP contribution in [0, 0.1) is 5.92 Å². The average Bonchev–Trinajstić information content (AvgIpc) is 2.74. The summed E-state index contributed by atoms with van der Waals surface area (Å²) in [4.78, 5) is 2.67. The first kappa shape index (κ1) is 15.5. The Morgan fingerprint density at radius 1 is 1.20 bits per heavy atom. The minimum atomic E-state index is 0.487. The smallest absolute Gasteiger partial charge is 0.0329 e. The summed E-state index contributed by atoms with van der Waals surface area (Å²) in [5.41, 5.74) is 1.41. The van der Waals surface area contributed by atoms with Crippen LogP contribution in [0.15, 0.2) is 30.3 Å². The van der Waals surface area contributed by atoms with Gasteiger partial charge in [-0.05, 0) is 63.8 Å². The molecule has 1 aromatic carbocycles. The summed E-state index contributed by atoms with van der Waals surface area (Å²) < 4.78 is 0. The van der Waals surface area contributed by atoms with Gasteiger partial charge in [0.05, 0.1) is 0 Å². The predicted octanol–water partition coefficient (Wildman–Crippen LogP) is 3.85. The molecule has 0 amide bonds. The zero-order chi connectivity index (χ0) is 14.2. The van der Waals surface area contributed by atoms with Gasteiger partial charge in [-0.2, -0.15) is 0 Å². The van der Waals surface area contributed by atoms with Crippen molar-refractivity contribution in [3.63, 3.8) is 0 Å². The highest BCUT2D eigenvalue weighted by Gasteiger charge is 2.17. The maximum absolute atomic E-state index is 3.47. The number of hydrogen-bond donors (Lipinski definition) is 1. The van der Waals surface area contributed by atoms with Crippen LogP contribution < -0.4 is 5.32 Å². The van der Waals surface area contributed by atoms with Gasteiger partial charge >= 0.3 is 0 Å². The number of hydrogen-bond acceptors (Lipinski definition) is 2. The first-order valence-electron chi connectivity index (χ1n) is 8.28. The predicted molar refractivity (Wildman–Crippen MR) is 86.9 cm³/mol. The van der Waals surface area contributed by atoms with Crippen molar-refractivity contribution in [1.29, 1.82) is 0 Å². The van der Waals surface area contributed by atoms with E-state index in [1.807, 2.05) is 0 Å². The van der Waals surface area contributed by atoms with Crippen molar-refractivity contribution in [2.75, 3.05) is 26.7 Å². The molecule has 1 aromatic rings. The van der Waals surface area contributed by atoms with Gasteiger partial charge in [0, 0.05) is 6.04 Å². The Morgan fingerprint density at radius 3 is 2.70 bits per heavy atom. The Balaban J connectivity index is 1.81. The highest BCUT2D eigenvalue weighted by atomic mass is 15.1. The lowest BCUT2D eigenvalue weighted by molar-refractivity contribution is 0.264. The topological polar surface area (TPSA) is 15.3 Å². The molecule has 0 aliphatic carbocycles. The molecule has 0 saturated carbocycles. The van der Waals surface area contributed by atoms with E-state index in [1.54, 1.807) is 0 Å². The van der Waals surface area contributed by atoms with Gasteiger partial charge in [0.15, 0.2) is 0 Å². The average molecular weight is 274 g/mol. The van der Waals surface area contributed by atoms with Gasteiger partial charge in [0.2, 0.25) is 0 Å². The standard InChI is InChI=1S/C18H30N2/c1-3-16-8-7-13-20(14-11-16)15-12-18(19-2)17-9-5-4-6-10-17/h4-6,9-10,16,18-19H,3,7-8,11-15H2,1-2H3. The molecular formula is C18H30N2. The van der Waals surface area contributed by atoms with E-state index in [4.69, 9.17) is 0 Å². The quantitative estimate of drug-likeness (QED) is 0.847. The summed E-state index contributed by atoms with van der Waals surface area (Å²) in [6, 6.07) is 11.3. The van der Waals surface area contributed by atoms with Gasteiger partial charge in [-0.25, -0.2) is 0 Å². The normalized spacial score (nSPS) is 22.4. The van der Waals surface area contributed by atoms with E-state index >= 15 is 0 Å². The Kier molecular flexibility index (Phi) is 6.55. The second-order valence-electron chi connectivity index (χ2n) is 6.09. The molecule has 0 aromatic heterocycles. The van der Waals surface area contributed by atoms with Crippen molar-refractivity contribution in [2.45, 2.75) is 45.1 Å². The van der Waals surface area contributed by atoms with E-state index in [2.05, 4.69) is 54.5 Å². The Morgan fingerprint density at radius 2 is 2.00 bits per heavy atom. The van der Waals surface area contributed by atoms with Gasteiger partial charge < -0.3 is 10.2 Å². The van der Waals surface area contributed by atoms with Crippen molar-refractivity contribution in [3.8, 4) is 0 Å². The van der Waals surface area contributed by atoms with Crippen molar-refractivity contribution in [1.82, 2.24) is 10.2 Å². The van der Waals surface area contributed by atoms with Crippen LogP contribution in [-0.2, 0) is 0 Å². The van der Waals surface area contributed by atoms with Crippen LogP contribution in [0.4, 0.5) is 0 Å². The molecule has 2 rings (SSSR count). The van der Waals surface area contributed by atoms with Crippen molar-refractivity contribution in [2.24, 2.45) is 5.92 Å². The minimum Gasteiger partial charge on any atom is -0.313 e. The second kappa shape index (κ2) is 8.43. The van der Waals surface area contributed by atoms with E-state index in [-0.39, 0.29) is 0 Å². The third-order valence-electron chi connectivity index (χ3n) is 4.80. The number of likely N-dealkylation sites (tertiary alicyclic amines) is 1. The van der Waals surface area contributed by atoms with E-state index in [0.29, 0.717) is 6.04 Å². The van der Waals surface area contributed by atoms with Crippen molar-refractivity contribution < 1.29 is 0 Å². The second-order valence-corrected chi connectivity index (χ2v) is 6.09. The lowest BCUT2D eigenvalue weighted by Gasteiger charge is -2.24. The van der Waals surface area contributed by atoms with E-state index < -0.39 is 0 Å². The zero-order valence-corrected chi connectivity index (χ0v) is 13.1. The highest BCUT2D eigenvalue weighted by Crippen LogP contribution is 2.22. The third-order valence-corrected chi connectivity index (χ3v) is 4.80. The molecule has 0 bridgehead atoms. The fraction of sp³-hybridized carbons (Fsp3) is 0.667. The molecule has 1 fully saturated rings. The van der Waals surface area contributed by atoms with Gasteiger partial charge in [-0.15, -0.1) is 0 Å². The van der Waals surface area contributed by atoms with Crippen LogP contribution in [0.2, 0.25) is 0 Å². The largest absolute Gasteiger partial charge is 0.313 e. The first-order chi connectivity index (χ1) is 9.83. The minimum absolute atomic E-state index is 0.487. The fourth-order valence-electron chi connectivity index (χ4n) is 3.33. The van der Waals surface area contributed by atoms with Crippen molar-refractivity contribution in [3.05, 3.63) is 35.9 Å². The maximum Gasteiger partial charge on any atom is 0.0329 e. The van der Waals surface area contributed by atoms with Gasteiger partial charge in [-0.3, -0.25) is 0 Å². The van der Waals surface area contributed by atoms with Crippen LogP contribution in [0.25, 0.3) is 0 Å². The molecule has 1 heterocycles. The highest BCUT2D eigenvalue weighted by molar-refractivity contribution is 5.18. The number of nitrogens with zero attached hydrogens (tertiary/aromatic N) is 1. The van der Waals surface area contributed by atoms with Gasteiger partial charge in [0.1, 0.15) is 0 Å². The van der Waals surface area contributed by atoms with E-state index in [0.717, 1.165) is 5.92 Å². The molecule has 2 nitrogen and oxygen atoms in total. The molecule has 112 valence electrons. The monoisotopic (exact) mass is 274 g/mol. The van der Waals surface area contributed by atoms with Crippen LogP contribution in [-0.4, -0.2) is 31.6 Å². The lowest BCUT2D eigenvalue weighted by Crippen LogP contribution is -2.29. The van der Waals surface area contributed by atoms with E-state index in [1.165, 1.54) is 57.3 Å². The molecule has 1 aliphatic rings. The van der Waals surface area contributed by atoms with Crippen molar-refractivity contribution >= 4 is 0 Å². The molecule has 2 heteroatoms. The molecule has 20 heavy (non-hydrogen) atoms. The first-order valence-corrected chi connectivity index (χ1v) is 8.28. The summed E-state index contributed by atoms with van der Waals surface area (Å²) >= 11 is 0. The summed E-state index contributed by atoms with van der Waals surface area (Å²) in [6.45, 7) is 6.15. The summed E-state index contributed by atoms with van der Waals surface area (Å²) in [5.74, 6) is 0.967.